The molecule has 2 fully saturated rings. The number of methoxy groups -OCH3 is 1. The third kappa shape index (κ3) is 6.21. The van der Waals surface area contributed by atoms with E-state index in [-0.39, 0.29) is 36.0 Å². The number of aryl methyl sites for hydroxylation is 4. The molecule has 0 bridgehead atoms. The number of urea groups is 1. The fourth-order valence-corrected chi connectivity index (χ4v) is 8.85. The molecule has 0 aliphatic carbocycles. The van der Waals surface area contributed by atoms with Gasteiger partial charge in [-0.1, -0.05) is 0 Å². The zero-order chi connectivity index (χ0) is 40.6. The molecule has 3 amide bonds. The second-order valence-electron chi connectivity index (χ2n) is 15.3. The van der Waals surface area contributed by atoms with Gasteiger partial charge >= 0.3 is 6.03 Å². The Morgan fingerprint density at radius 3 is 2.40 bits per heavy atom. The number of fused-ring (bicyclic) bond motifs is 3. The molecule has 3 aromatic heterocycles. The predicted octanol–water partition coefficient (Wildman–Crippen LogP) is 7.05. The number of rotatable bonds is 7. The summed E-state index contributed by atoms with van der Waals surface area (Å²) in [6, 6.07) is 11.6. The first-order valence-electron chi connectivity index (χ1n) is 19.4. The summed E-state index contributed by atoms with van der Waals surface area (Å²) in [5.41, 5.74) is 5.63. The van der Waals surface area contributed by atoms with Gasteiger partial charge < -0.3 is 19.1 Å². The number of benzene rings is 3. The molecule has 3 aliphatic rings. The highest BCUT2D eigenvalue weighted by Gasteiger charge is 2.31. The van der Waals surface area contributed by atoms with Crippen molar-refractivity contribution in [3.63, 3.8) is 0 Å². The van der Waals surface area contributed by atoms with E-state index in [0.29, 0.717) is 94.9 Å². The number of ether oxygens (including phenoxy) is 1. The Labute approximate surface area is 331 Å². The Kier molecular flexibility index (Phi) is 9.16. The lowest BCUT2D eigenvalue weighted by molar-refractivity contribution is -0.120. The van der Waals surface area contributed by atoms with Crippen LogP contribution in [0.5, 0.6) is 5.75 Å². The lowest BCUT2D eigenvalue weighted by Crippen LogP contribution is -2.49. The standard InChI is InChI=1S/C42H42F3N9O4/c1-23-14-30-34(49(2)41(23)56)16-27(58-4)17-36(30)52-10-5-6-24-15-28(29(39(44)45)19-33(24)52)25-21-46-54(22-25)26-7-11-51(12-8-26)37-20-35-31(18-32(37)43)40(48-50(35)3)53-13-9-38(55)47-42(53)57/h14-22,26,39H,5-13H2,1-4H3,(H,47,55,57). The van der Waals surface area contributed by atoms with Gasteiger partial charge in [0.1, 0.15) is 11.6 Å². The van der Waals surface area contributed by atoms with Gasteiger partial charge in [-0.15, -0.1) is 0 Å². The summed E-state index contributed by atoms with van der Waals surface area (Å²) in [5, 5.41) is 12.7. The van der Waals surface area contributed by atoms with E-state index >= 15 is 13.2 Å². The van der Waals surface area contributed by atoms with Crippen molar-refractivity contribution in [2.75, 3.05) is 48.0 Å². The van der Waals surface area contributed by atoms with Crippen molar-refractivity contribution in [2.24, 2.45) is 14.1 Å². The molecule has 3 aliphatic heterocycles. The molecule has 6 heterocycles. The number of hydrogen-bond donors (Lipinski definition) is 1. The molecule has 9 rings (SSSR count). The van der Waals surface area contributed by atoms with Gasteiger partial charge in [-0.3, -0.25) is 29.2 Å². The molecule has 0 radical (unpaired) electrons. The monoisotopic (exact) mass is 793 g/mol. The number of halogens is 3. The first-order valence-corrected chi connectivity index (χ1v) is 19.4. The number of anilines is 4. The van der Waals surface area contributed by atoms with E-state index in [9.17, 15) is 14.4 Å². The number of piperidine rings is 1. The Hall–Kier alpha value is -6.32. The van der Waals surface area contributed by atoms with E-state index in [2.05, 4.69) is 20.4 Å². The summed E-state index contributed by atoms with van der Waals surface area (Å²) in [6.45, 7) is 3.61. The van der Waals surface area contributed by atoms with Crippen molar-refractivity contribution in [3.8, 4) is 16.9 Å². The average Bonchev–Trinajstić information content (AvgIpc) is 3.83. The first-order chi connectivity index (χ1) is 27.9. The number of pyridine rings is 1. The quantitative estimate of drug-likeness (QED) is 0.183. The predicted molar refractivity (Wildman–Crippen MR) is 215 cm³/mol. The van der Waals surface area contributed by atoms with Crippen LogP contribution in [0.2, 0.25) is 0 Å². The number of carbonyl (C=O) groups excluding carboxylic acids is 2. The zero-order valence-corrected chi connectivity index (χ0v) is 32.6. The highest BCUT2D eigenvalue weighted by molar-refractivity contribution is 6.09. The van der Waals surface area contributed by atoms with Crippen LogP contribution in [0.1, 0.15) is 54.8 Å². The number of nitrogens with zero attached hydrogens (tertiary/aromatic N) is 8. The van der Waals surface area contributed by atoms with Crippen molar-refractivity contribution in [2.45, 2.75) is 51.5 Å². The number of nitrogens with one attached hydrogen (secondary N) is 1. The van der Waals surface area contributed by atoms with Crippen LogP contribution in [0.3, 0.4) is 0 Å². The van der Waals surface area contributed by atoms with Crippen molar-refractivity contribution >= 4 is 56.6 Å². The fourth-order valence-electron chi connectivity index (χ4n) is 8.85. The van der Waals surface area contributed by atoms with Gasteiger partial charge in [-0.25, -0.2) is 18.0 Å². The Bertz CT molecular complexity index is 2710. The number of carbonyl (C=O) groups is 2. The van der Waals surface area contributed by atoms with Crippen LogP contribution in [0.25, 0.3) is 32.9 Å². The number of amides is 3. The Balaban J connectivity index is 0.971. The van der Waals surface area contributed by atoms with E-state index in [1.807, 2.05) is 40.0 Å². The van der Waals surface area contributed by atoms with Crippen molar-refractivity contribution < 1.29 is 27.5 Å². The third-order valence-electron chi connectivity index (χ3n) is 11.9. The van der Waals surface area contributed by atoms with E-state index in [1.54, 1.807) is 55.7 Å². The average molecular weight is 794 g/mol. The molecule has 16 heteroatoms. The maximum atomic E-state index is 15.8. The Morgan fingerprint density at radius 2 is 1.66 bits per heavy atom. The molecule has 1 N–H and O–H groups in total. The number of alkyl halides is 2. The van der Waals surface area contributed by atoms with Crippen LogP contribution >= 0.6 is 0 Å². The summed E-state index contributed by atoms with van der Waals surface area (Å²) in [7, 11) is 5.02. The van der Waals surface area contributed by atoms with Gasteiger partial charge in [0.05, 0.1) is 41.8 Å². The van der Waals surface area contributed by atoms with Crippen LogP contribution in [0.15, 0.2) is 59.7 Å². The van der Waals surface area contributed by atoms with Crippen molar-refractivity contribution in [1.82, 2.24) is 29.4 Å². The lowest BCUT2D eigenvalue weighted by Gasteiger charge is -2.34. The van der Waals surface area contributed by atoms with Crippen LogP contribution in [-0.4, -0.2) is 69.4 Å². The van der Waals surface area contributed by atoms with Crippen LogP contribution in [-0.2, 0) is 25.3 Å². The highest BCUT2D eigenvalue weighted by atomic mass is 19.3. The van der Waals surface area contributed by atoms with Gasteiger partial charge in [0.25, 0.3) is 12.0 Å². The number of hydrogen-bond acceptors (Lipinski definition) is 8. The molecule has 3 aromatic carbocycles. The summed E-state index contributed by atoms with van der Waals surface area (Å²) in [6.07, 6.45) is 3.68. The highest BCUT2D eigenvalue weighted by Crippen LogP contribution is 2.44. The summed E-state index contributed by atoms with van der Waals surface area (Å²) in [5.74, 6) is 0.0545. The normalized spacial score (nSPS) is 16.5. The molecular formula is C42H42F3N9O4. The molecule has 0 unspecified atom stereocenters. The van der Waals surface area contributed by atoms with Crippen molar-refractivity contribution in [3.05, 3.63) is 87.7 Å². The van der Waals surface area contributed by atoms with E-state index in [1.165, 1.54) is 11.0 Å². The van der Waals surface area contributed by atoms with Crippen LogP contribution in [0.4, 0.5) is 40.8 Å². The van der Waals surface area contributed by atoms with E-state index in [4.69, 9.17) is 4.74 Å². The molecule has 6 aromatic rings. The third-order valence-corrected chi connectivity index (χ3v) is 11.9. The van der Waals surface area contributed by atoms with E-state index < -0.39 is 18.3 Å². The topological polar surface area (TPSA) is 123 Å². The molecule has 13 nitrogen and oxygen atoms in total. The molecule has 300 valence electrons. The second kappa shape index (κ2) is 14.3. The minimum Gasteiger partial charge on any atom is -0.497 e. The second-order valence-corrected chi connectivity index (χ2v) is 15.3. The SMILES string of the molecule is COc1cc(N2CCCc3cc(-c4cnn(C5CCN(c6cc7c(cc6F)c(N6CCC(=O)NC6=O)nn7C)CC5)c4)c(C(F)F)cc32)c2cc(C)c(=O)n(C)c2c1. The summed E-state index contributed by atoms with van der Waals surface area (Å²) >= 11 is 0. The molecular weight excluding hydrogens is 752 g/mol. The Morgan fingerprint density at radius 1 is 0.862 bits per heavy atom. The largest absolute Gasteiger partial charge is 0.497 e. The molecule has 0 spiro atoms. The van der Waals surface area contributed by atoms with E-state index in [0.717, 1.165) is 23.1 Å². The smallest absolute Gasteiger partial charge is 0.329 e. The van der Waals surface area contributed by atoms with Crippen LogP contribution in [0, 0.1) is 12.7 Å². The maximum Gasteiger partial charge on any atom is 0.329 e. The number of imide groups is 1. The van der Waals surface area contributed by atoms with Gasteiger partial charge in [-0.05, 0) is 74.1 Å². The minimum absolute atomic E-state index is 0.0238. The van der Waals surface area contributed by atoms with Crippen LogP contribution < -0.4 is 30.3 Å². The van der Waals surface area contributed by atoms with Crippen molar-refractivity contribution in [1.29, 1.82) is 0 Å². The molecule has 58 heavy (non-hydrogen) atoms. The van der Waals surface area contributed by atoms with Gasteiger partial charge in [0, 0.05) is 98.2 Å². The van der Waals surface area contributed by atoms with Gasteiger partial charge in [0.15, 0.2) is 5.82 Å². The molecule has 0 atom stereocenters. The lowest BCUT2D eigenvalue weighted by atomic mass is 9.92. The molecule has 0 saturated carbocycles. The van der Waals surface area contributed by atoms with Gasteiger partial charge in [-0.2, -0.15) is 10.2 Å². The first kappa shape index (κ1) is 37.3. The number of aromatic nitrogens is 5. The molecule has 2 saturated heterocycles. The fraction of sp³-hybridized carbons (Fsp3) is 0.357. The maximum absolute atomic E-state index is 15.8. The van der Waals surface area contributed by atoms with Gasteiger partial charge in [0.2, 0.25) is 5.91 Å². The zero-order valence-electron chi connectivity index (χ0n) is 32.6. The summed E-state index contributed by atoms with van der Waals surface area (Å²) < 4.78 is 56.4. The minimum atomic E-state index is -2.75. The summed E-state index contributed by atoms with van der Waals surface area (Å²) in [4.78, 5) is 42.4.